The highest BCUT2D eigenvalue weighted by Gasteiger charge is 2.40. The summed E-state index contributed by atoms with van der Waals surface area (Å²) in [6.45, 7) is 3.12. The number of likely N-dealkylation sites (tertiary alicyclic amines) is 1. The van der Waals surface area contributed by atoms with Crippen molar-refractivity contribution in [2.45, 2.75) is 56.2 Å². The summed E-state index contributed by atoms with van der Waals surface area (Å²) in [5, 5.41) is -0.391. The zero-order valence-electron chi connectivity index (χ0n) is 18.4. The summed E-state index contributed by atoms with van der Waals surface area (Å²) in [6.07, 6.45) is 6.53. The van der Waals surface area contributed by atoms with E-state index < -0.39 is 21.2 Å². The van der Waals surface area contributed by atoms with Crippen molar-refractivity contribution in [3.05, 3.63) is 71.3 Å². The number of nitrogens with zero attached hydrogens (tertiary/aromatic N) is 1. The number of sulfonamides is 1. The molecule has 3 fully saturated rings. The molecule has 1 N–H and O–H groups in total. The fraction of sp³-hybridized carbons (Fsp3) is 0.500. The van der Waals surface area contributed by atoms with Crippen LogP contribution in [-0.4, -0.2) is 37.6 Å². The van der Waals surface area contributed by atoms with Gasteiger partial charge < -0.3 is 0 Å². The van der Waals surface area contributed by atoms with Crippen LogP contribution in [0.3, 0.4) is 0 Å². The number of hydrogen-bond donors (Lipinski definition) is 1. The van der Waals surface area contributed by atoms with Gasteiger partial charge in [0.05, 0.1) is 5.25 Å². The molecule has 1 saturated heterocycles. The van der Waals surface area contributed by atoms with Gasteiger partial charge in [0.2, 0.25) is 10.0 Å². The van der Waals surface area contributed by atoms with Gasteiger partial charge in [-0.05, 0) is 92.6 Å². The Balaban J connectivity index is 1.06. The van der Waals surface area contributed by atoms with Crippen molar-refractivity contribution < 1.29 is 13.2 Å². The Morgan fingerprint density at radius 3 is 2.28 bits per heavy atom. The molecule has 0 spiro atoms. The molecule has 5 rings (SSSR count). The molecule has 0 aromatic heterocycles. The van der Waals surface area contributed by atoms with E-state index in [1.54, 1.807) is 12.1 Å². The summed E-state index contributed by atoms with van der Waals surface area (Å²) < 4.78 is 26.1. The molecule has 5 nitrogen and oxygen atoms in total. The van der Waals surface area contributed by atoms with Crippen molar-refractivity contribution in [2.75, 3.05) is 13.1 Å². The second-order valence-corrected chi connectivity index (χ2v) is 11.8. The van der Waals surface area contributed by atoms with Crippen molar-refractivity contribution in [1.29, 1.82) is 0 Å². The lowest BCUT2D eigenvalue weighted by atomic mass is 9.90. The van der Waals surface area contributed by atoms with Gasteiger partial charge in [0.1, 0.15) is 0 Å². The molecule has 0 bridgehead atoms. The summed E-state index contributed by atoms with van der Waals surface area (Å²) in [5.41, 5.74) is 3.07. The quantitative estimate of drug-likeness (QED) is 0.648. The molecule has 0 unspecified atom stereocenters. The zero-order valence-corrected chi connectivity index (χ0v) is 19.3. The van der Waals surface area contributed by atoms with Crippen LogP contribution in [0.5, 0.6) is 0 Å². The second kappa shape index (κ2) is 8.99. The molecular formula is C26H32N2O3S. The van der Waals surface area contributed by atoms with Gasteiger partial charge in [-0.15, -0.1) is 0 Å². The summed E-state index contributed by atoms with van der Waals surface area (Å²) >= 11 is 0. The molecular weight excluding hydrogens is 420 g/mol. The van der Waals surface area contributed by atoms with Crippen molar-refractivity contribution >= 4 is 15.9 Å². The Bertz CT molecular complexity index is 1040. The number of piperidine rings is 1. The van der Waals surface area contributed by atoms with Crippen LogP contribution in [0.4, 0.5) is 0 Å². The Morgan fingerprint density at radius 1 is 0.938 bits per heavy atom. The van der Waals surface area contributed by atoms with Crippen molar-refractivity contribution in [3.8, 4) is 0 Å². The minimum Gasteiger partial charge on any atom is -0.299 e. The zero-order chi connectivity index (χ0) is 22.1. The molecule has 2 atom stereocenters. The van der Waals surface area contributed by atoms with E-state index in [1.807, 2.05) is 12.1 Å². The number of nitrogens with one attached hydrogen (secondary N) is 1. The van der Waals surface area contributed by atoms with E-state index in [9.17, 15) is 13.2 Å². The van der Waals surface area contributed by atoms with Gasteiger partial charge >= 0.3 is 0 Å². The molecule has 2 aliphatic carbocycles. The molecule has 1 aliphatic heterocycles. The van der Waals surface area contributed by atoms with Crippen molar-refractivity contribution in [1.82, 2.24) is 9.62 Å². The number of carbonyl (C=O) groups is 1. The van der Waals surface area contributed by atoms with Gasteiger partial charge in [0.15, 0.2) is 0 Å². The predicted molar refractivity (Wildman–Crippen MR) is 126 cm³/mol. The maximum atomic E-state index is 12.2. The lowest BCUT2D eigenvalue weighted by Crippen LogP contribution is -2.34. The molecule has 32 heavy (non-hydrogen) atoms. The highest BCUT2D eigenvalue weighted by Crippen LogP contribution is 2.51. The van der Waals surface area contributed by atoms with Crippen LogP contribution in [0.1, 0.15) is 65.9 Å². The summed E-state index contributed by atoms with van der Waals surface area (Å²) in [4.78, 5) is 14.7. The first-order valence-corrected chi connectivity index (χ1v) is 13.4. The van der Waals surface area contributed by atoms with Gasteiger partial charge in [-0.3, -0.25) is 9.69 Å². The molecule has 2 aromatic carbocycles. The summed E-state index contributed by atoms with van der Waals surface area (Å²) in [7, 11) is -3.50. The van der Waals surface area contributed by atoms with E-state index >= 15 is 0 Å². The second-order valence-electron chi connectivity index (χ2n) is 9.84. The van der Waals surface area contributed by atoms with E-state index in [-0.39, 0.29) is 0 Å². The number of hydrogen-bond acceptors (Lipinski definition) is 4. The largest absolute Gasteiger partial charge is 0.299 e. The van der Waals surface area contributed by atoms with Gasteiger partial charge in [-0.1, -0.05) is 42.5 Å². The fourth-order valence-electron chi connectivity index (χ4n) is 5.09. The third kappa shape index (κ3) is 5.24. The number of rotatable bonds is 8. The Morgan fingerprint density at radius 2 is 1.62 bits per heavy atom. The van der Waals surface area contributed by atoms with Gasteiger partial charge in [-0.2, -0.15) is 0 Å². The lowest BCUT2D eigenvalue weighted by molar-refractivity contribution is 0.0981. The first kappa shape index (κ1) is 21.7. The molecule has 170 valence electrons. The minimum absolute atomic E-state index is 0.391. The topological polar surface area (TPSA) is 66.5 Å². The molecule has 2 saturated carbocycles. The van der Waals surface area contributed by atoms with Crippen LogP contribution in [-0.2, 0) is 16.6 Å². The highest BCUT2D eigenvalue weighted by molar-refractivity contribution is 7.91. The maximum absolute atomic E-state index is 12.2. The lowest BCUT2D eigenvalue weighted by Gasteiger charge is -2.32. The first-order chi connectivity index (χ1) is 15.5. The summed E-state index contributed by atoms with van der Waals surface area (Å²) in [5.74, 6) is 1.96. The average molecular weight is 453 g/mol. The molecule has 3 aliphatic rings. The first-order valence-electron chi connectivity index (χ1n) is 11.9. The van der Waals surface area contributed by atoms with Crippen LogP contribution in [0.15, 0.2) is 54.6 Å². The van der Waals surface area contributed by atoms with Crippen LogP contribution >= 0.6 is 0 Å². The third-order valence-electron chi connectivity index (χ3n) is 7.31. The van der Waals surface area contributed by atoms with E-state index in [1.165, 1.54) is 31.2 Å². The van der Waals surface area contributed by atoms with Crippen LogP contribution < -0.4 is 4.72 Å². The van der Waals surface area contributed by atoms with Gasteiger partial charge in [-0.25, -0.2) is 13.1 Å². The molecule has 1 amide bonds. The Kier molecular flexibility index (Phi) is 6.08. The Hall–Kier alpha value is -2.18. The van der Waals surface area contributed by atoms with E-state index in [0.29, 0.717) is 18.4 Å². The van der Waals surface area contributed by atoms with Crippen LogP contribution in [0.2, 0.25) is 0 Å². The van der Waals surface area contributed by atoms with E-state index in [2.05, 4.69) is 40.0 Å². The number of carbonyl (C=O) groups excluding carboxylic acids is 1. The molecule has 1 heterocycles. The van der Waals surface area contributed by atoms with Crippen LogP contribution in [0.25, 0.3) is 0 Å². The molecule has 0 radical (unpaired) electrons. The van der Waals surface area contributed by atoms with Crippen molar-refractivity contribution in [3.63, 3.8) is 0 Å². The molecule has 2 aromatic rings. The normalized spacial score (nSPS) is 24.2. The predicted octanol–water partition coefficient (Wildman–Crippen LogP) is 4.31. The average Bonchev–Trinajstić information content (AvgIpc) is 3.71. The standard InChI is InChI=1S/C26H32N2O3S/c29-26(27-32(30,31)24-10-11-24)22-8-6-20(7-9-22)18-28-14-12-19(13-15-28)16-23-17-25(23)21-4-2-1-3-5-21/h1-9,19,23-25H,10-18H2,(H,27,29)/t23-,25+/m1/s1. The van der Waals surface area contributed by atoms with Gasteiger partial charge in [0, 0.05) is 12.1 Å². The fourth-order valence-corrected chi connectivity index (χ4v) is 6.39. The van der Waals surface area contributed by atoms with Crippen LogP contribution in [0, 0.1) is 11.8 Å². The smallest absolute Gasteiger partial charge is 0.264 e. The number of amides is 1. The minimum atomic E-state index is -3.50. The van der Waals surface area contributed by atoms with E-state index in [4.69, 9.17) is 0 Å². The summed E-state index contributed by atoms with van der Waals surface area (Å²) in [6, 6.07) is 18.3. The number of benzene rings is 2. The maximum Gasteiger partial charge on any atom is 0.264 e. The van der Waals surface area contributed by atoms with E-state index in [0.717, 1.165) is 43.0 Å². The highest BCUT2D eigenvalue weighted by atomic mass is 32.2. The Labute approximate surface area is 191 Å². The molecule has 6 heteroatoms. The third-order valence-corrected chi connectivity index (χ3v) is 9.13. The van der Waals surface area contributed by atoms with Crippen molar-refractivity contribution in [2.24, 2.45) is 11.8 Å². The SMILES string of the molecule is O=C(NS(=O)(=O)C1CC1)c1ccc(CN2CCC(C[C@@H]3C[C@H]3c3ccccc3)CC2)cc1. The monoisotopic (exact) mass is 452 g/mol. The van der Waals surface area contributed by atoms with Gasteiger partial charge in [0.25, 0.3) is 5.91 Å².